The van der Waals surface area contributed by atoms with Crippen molar-refractivity contribution in [3.8, 4) is 5.75 Å². The molecule has 6 heteroatoms. The van der Waals surface area contributed by atoms with E-state index in [2.05, 4.69) is 47.6 Å². The normalized spacial score (nSPS) is 23.5. The number of aliphatic carboxylic acids is 1. The minimum atomic E-state index is -0.838. The Hall–Kier alpha value is -3.09. The molecule has 1 aliphatic carbocycles. The zero-order valence-corrected chi connectivity index (χ0v) is 21.5. The number of nitrogens with zero attached hydrogens (tertiary/aromatic N) is 1. The number of Topliss-reactive ketones (excluding diaryl/α,β-unsaturated/α-hetero) is 1. The average Bonchev–Trinajstić information content (AvgIpc) is 2.95. The van der Waals surface area contributed by atoms with Gasteiger partial charge in [-0.25, -0.2) is 4.31 Å². The molecule has 0 aromatic heterocycles. The number of hydrogen-bond acceptors (Lipinski definition) is 5. The molecule has 2 aliphatic heterocycles. The number of para-hydroxylation sites is 1. The third kappa shape index (κ3) is 3.93. The Kier molecular flexibility index (Phi) is 5.50. The van der Waals surface area contributed by atoms with Crippen LogP contribution in [0.4, 0.5) is 0 Å². The molecular formula is C30H29NO4S. The van der Waals surface area contributed by atoms with Crippen molar-refractivity contribution in [2.24, 2.45) is 5.41 Å². The first-order valence-corrected chi connectivity index (χ1v) is 13.2. The van der Waals surface area contributed by atoms with Gasteiger partial charge in [-0.1, -0.05) is 56.3 Å². The number of carbonyl (C=O) groups excluding carboxylic acids is 1. The number of hydrogen-bond donors (Lipinski definition) is 1. The summed E-state index contributed by atoms with van der Waals surface area (Å²) in [4.78, 5) is 26.7. The van der Waals surface area contributed by atoms with E-state index in [4.69, 9.17) is 4.74 Å². The third-order valence-corrected chi connectivity index (χ3v) is 8.78. The Labute approximate surface area is 215 Å². The summed E-state index contributed by atoms with van der Waals surface area (Å²) in [7, 11) is 0. The van der Waals surface area contributed by atoms with Crippen LogP contribution in [0.5, 0.6) is 5.75 Å². The number of carboxylic acid groups (broad SMARTS) is 1. The third-order valence-electron chi connectivity index (χ3n) is 7.71. The molecular weight excluding hydrogens is 470 g/mol. The summed E-state index contributed by atoms with van der Waals surface area (Å²) in [6, 6.07) is 18.5. The predicted octanol–water partition coefficient (Wildman–Crippen LogP) is 6.32. The van der Waals surface area contributed by atoms with E-state index in [0.29, 0.717) is 19.5 Å². The van der Waals surface area contributed by atoms with E-state index >= 15 is 0 Å². The van der Waals surface area contributed by atoms with Crippen LogP contribution in [-0.4, -0.2) is 27.7 Å². The van der Waals surface area contributed by atoms with Crippen LogP contribution in [0.25, 0.3) is 0 Å². The molecule has 3 aliphatic rings. The molecule has 2 unspecified atom stereocenters. The second-order valence-electron chi connectivity index (χ2n) is 10.8. The van der Waals surface area contributed by atoms with E-state index in [1.54, 1.807) is 11.9 Å². The van der Waals surface area contributed by atoms with Crippen molar-refractivity contribution in [1.82, 2.24) is 4.31 Å². The highest BCUT2D eigenvalue weighted by molar-refractivity contribution is 7.97. The van der Waals surface area contributed by atoms with Gasteiger partial charge in [-0.15, -0.1) is 0 Å². The van der Waals surface area contributed by atoms with E-state index in [9.17, 15) is 14.7 Å². The molecule has 0 amide bonds. The fraction of sp³-hybridized carbons (Fsp3) is 0.333. The van der Waals surface area contributed by atoms with Crippen molar-refractivity contribution in [3.63, 3.8) is 0 Å². The first kappa shape index (κ1) is 23.3. The van der Waals surface area contributed by atoms with E-state index in [0.717, 1.165) is 38.5 Å². The van der Waals surface area contributed by atoms with Gasteiger partial charge in [0.05, 0.1) is 17.9 Å². The summed E-state index contributed by atoms with van der Waals surface area (Å²) in [5.74, 6) is -0.195. The van der Waals surface area contributed by atoms with E-state index in [1.807, 2.05) is 32.0 Å². The molecule has 6 bridgehead atoms. The Morgan fingerprint density at radius 1 is 1.11 bits per heavy atom. The highest BCUT2D eigenvalue weighted by Crippen LogP contribution is 2.47. The molecule has 0 spiro atoms. The minimum Gasteiger partial charge on any atom is -0.483 e. The number of carboxylic acids is 1. The zero-order valence-electron chi connectivity index (χ0n) is 20.7. The molecule has 1 N–H and O–H groups in total. The van der Waals surface area contributed by atoms with Crippen LogP contribution in [0, 0.1) is 12.3 Å². The summed E-state index contributed by atoms with van der Waals surface area (Å²) in [5, 5.41) is 9.85. The lowest BCUT2D eigenvalue weighted by Crippen LogP contribution is -2.26. The molecule has 0 fully saturated rings. The second-order valence-corrected chi connectivity index (χ2v) is 12.0. The molecule has 5 nitrogen and oxygen atoms in total. The Morgan fingerprint density at radius 2 is 1.89 bits per heavy atom. The predicted molar refractivity (Wildman–Crippen MR) is 140 cm³/mol. The first-order chi connectivity index (χ1) is 17.2. The van der Waals surface area contributed by atoms with Gasteiger partial charge < -0.3 is 9.84 Å². The molecule has 3 aromatic rings. The number of carbonyl (C=O) groups is 2. The van der Waals surface area contributed by atoms with Crippen LogP contribution in [0.1, 0.15) is 76.0 Å². The van der Waals surface area contributed by atoms with Gasteiger partial charge in [0.1, 0.15) is 11.9 Å². The van der Waals surface area contributed by atoms with Crippen LogP contribution in [0.3, 0.4) is 0 Å². The summed E-state index contributed by atoms with van der Waals surface area (Å²) in [6.45, 7) is 7.39. The van der Waals surface area contributed by atoms with Gasteiger partial charge in [0.15, 0.2) is 5.78 Å². The van der Waals surface area contributed by atoms with Crippen molar-refractivity contribution in [1.29, 1.82) is 0 Å². The SMILES string of the molecule is Cc1ccc2cc1CN1C[C@H](Oc3ccccc3S1)c1cc(cc3c1C(=O)C(C)(C)C3)C2CC(=O)O. The maximum atomic E-state index is 13.6. The van der Waals surface area contributed by atoms with Crippen molar-refractivity contribution in [2.75, 3.05) is 6.54 Å². The topological polar surface area (TPSA) is 66.8 Å². The number of aryl methyl sites for hydroxylation is 1. The number of benzene rings is 3. The van der Waals surface area contributed by atoms with E-state index < -0.39 is 11.4 Å². The number of fused-ring (bicyclic) bond motifs is 10. The summed E-state index contributed by atoms with van der Waals surface area (Å²) in [5.41, 5.74) is 6.42. The molecule has 3 aromatic carbocycles. The van der Waals surface area contributed by atoms with Gasteiger partial charge in [-0.3, -0.25) is 9.59 Å². The Bertz CT molecular complexity index is 1410. The van der Waals surface area contributed by atoms with Crippen LogP contribution < -0.4 is 4.74 Å². The highest BCUT2D eigenvalue weighted by atomic mass is 32.2. The van der Waals surface area contributed by atoms with Gasteiger partial charge >= 0.3 is 5.97 Å². The first-order valence-electron chi connectivity index (χ1n) is 12.4. The van der Waals surface area contributed by atoms with Crippen LogP contribution >= 0.6 is 11.9 Å². The number of ether oxygens (including phenoxy) is 1. The lowest BCUT2D eigenvalue weighted by atomic mass is 9.83. The van der Waals surface area contributed by atoms with Gasteiger partial charge in [0.25, 0.3) is 0 Å². The number of ketones is 1. The average molecular weight is 500 g/mol. The monoisotopic (exact) mass is 499 g/mol. The molecule has 2 heterocycles. The molecule has 0 saturated heterocycles. The van der Waals surface area contributed by atoms with Gasteiger partial charge in [-0.05, 0) is 65.2 Å². The van der Waals surface area contributed by atoms with Gasteiger partial charge in [-0.2, -0.15) is 0 Å². The van der Waals surface area contributed by atoms with Crippen molar-refractivity contribution < 1.29 is 19.4 Å². The van der Waals surface area contributed by atoms with Gasteiger partial charge in [0, 0.05) is 29.0 Å². The molecule has 36 heavy (non-hydrogen) atoms. The smallest absolute Gasteiger partial charge is 0.304 e. The molecule has 184 valence electrons. The molecule has 0 saturated carbocycles. The van der Waals surface area contributed by atoms with Crippen LogP contribution in [0.15, 0.2) is 59.5 Å². The molecule has 0 radical (unpaired) electrons. The van der Waals surface area contributed by atoms with Crippen LogP contribution in [-0.2, 0) is 17.8 Å². The Balaban J connectivity index is 1.63. The van der Waals surface area contributed by atoms with E-state index in [1.165, 1.54) is 11.1 Å². The van der Waals surface area contributed by atoms with Crippen molar-refractivity contribution >= 4 is 23.7 Å². The lowest BCUT2D eigenvalue weighted by molar-refractivity contribution is -0.137. The minimum absolute atomic E-state index is 0.00904. The second kappa shape index (κ2) is 8.49. The van der Waals surface area contributed by atoms with Crippen molar-refractivity contribution in [2.45, 2.75) is 57.1 Å². The van der Waals surface area contributed by atoms with Crippen LogP contribution in [0.2, 0.25) is 0 Å². The maximum absolute atomic E-state index is 13.6. The summed E-state index contributed by atoms with van der Waals surface area (Å²) in [6.07, 6.45) is 0.281. The van der Waals surface area contributed by atoms with E-state index in [-0.39, 0.29) is 24.2 Å². The zero-order chi connectivity index (χ0) is 25.2. The fourth-order valence-corrected chi connectivity index (χ4v) is 6.86. The largest absolute Gasteiger partial charge is 0.483 e. The lowest BCUT2D eigenvalue weighted by Gasteiger charge is -2.25. The number of rotatable bonds is 2. The molecule has 6 rings (SSSR count). The summed E-state index contributed by atoms with van der Waals surface area (Å²) < 4.78 is 8.97. The highest BCUT2D eigenvalue weighted by Gasteiger charge is 2.42. The standard InChI is InChI=1S/C30H29NO4S/c1-17-8-9-18-10-21(17)15-31-16-25(35-24-6-4-5-7-26(24)36-31)23-12-19(22(18)13-27(32)33)11-20-14-30(2,3)29(34)28(20)23/h4-12,22,25H,13-16H2,1-3H3,(H,32,33)/t22?,25-/m0/s1. The maximum Gasteiger partial charge on any atom is 0.304 e. The summed E-state index contributed by atoms with van der Waals surface area (Å²) >= 11 is 1.68. The Morgan fingerprint density at radius 3 is 2.69 bits per heavy atom. The fourth-order valence-electron chi connectivity index (χ4n) is 5.82. The van der Waals surface area contributed by atoms with Crippen molar-refractivity contribution in [3.05, 3.63) is 93.5 Å². The van der Waals surface area contributed by atoms with Gasteiger partial charge in [0.2, 0.25) is 0 Å². The quantitative estimate of drug-likeness (QED) is 0.416. The molecule has 3 atom stereocenters.